The van der Waals surface area contributed by atoms with Crippen LogP contribution in [-0.4, -0.2) is 51.7 Å². The van der Waals surface area contributed by atoms with Gasteiger partial charge in [0.15, 0.2) is 0 Å². The zero-order chi connectivity index (χ0) is 18.7. The summed E-state index contributed by atoms with van der Waals surface area (Å²) in [5.41, 5.74) is 3.60. The van der Waals surface area contributed by atoms with Crippen molar-refractivity contribution in [2.24, 2.45) is 0 Å². The Morgan fingerprint density at radius 3 is 2.50 bits per heavy atom. The van der Waals surface area contributed by atoms with Crippen LogP contribution in [-0.2, 0) is 13.1 Å². The molecule has 1 aromatic carbocycles. The first kappa shape index (κ1) is 18.6. The van der Waals surface area contributed by atoms with Gasteiger partial charge in [0, 0.05) is 45.0 Å². The maximum atomic E-state index is 13.1. The molecule has 0 spiro atoms. The quantitative estimate of drug-likeness (QED) is 0.844. The number of hydrogen-bond donors (Lipinski definition) is 0. The van der Waals surface area contributed by atoms with E-state index in [9.17, 15) is 9.18 Å². The molecule has 26 heavy (non-hydrogen) atoms. The van der Waals surface area contributed by atoms with Crippen molar-refractivity contribution >= 4 is 5.91 Å². The number of hydrogen-bond acceptors (Lipinski definition) is 3. The van der Waals surface area contributed by atoms with E-state index in [1.807, 2.05) is 42.5 Å². The first-order valence-corrected chi connectivity index (χ1v) is 9.29. The van der Waals surface area contributed by atoms with E-state index in [0.717, 1.165) is 61.7 Å². The Labute approximate surface area is 154 Å². The molecule has 2 heterocycles. The molecule has 0 bridgehead atoms. The highest BCUT2D eigenvalue weighted by Crippen LogP contribution is 2.18. The molecule has 1 aliphatic rings. The molecule has 0 radical (unpaired) electrons. The fraction of sp³-hybridized carbons (Fsp3) is 0.500. The highest BCUT2D eigenvalue weighted by Gasteiger charge is 2.25. The first-order valence-electron chi connectivity index (χ1n) is 9.29. The molecular weight excluding hydrogens is 331 g/mol. The van der Waals surface area contributed by atoms with Gasteiger partial charge in [0.1, 0.15) is 5.82 Å². The molecule has 6 heteroatoms. The number of aromatic nitrogens is 2. The van der Waals surface area contributed by atoms with Crippen molar-refractivity contribution in [1.29, 1.82) is 0 Å². The lowest BCUT2D eigenvalue weighted by Gasteiger charge is -2.22. The lowest BCUT2D eigenvalue weighted by molar-refractivity contribution is 0.0759. The number of amides is 1. The third-order valence-corrected chi connectivity index (χ3v) is 5.09. The Hall–Kier alpha value is -2.21. The largest absolute Gasteiger partial charge is 0.337 e. The summed E-state index contributed by atoms with van der Waals surface area (Å²) in [4.78, 5) is 17.3. The molecule has 0 aliphatic carbocycles. The minimum absolute atomic E-state index is 0.0864. The van der Waals surface area contributed by atoms with Crippen LogP contribution in [0, 0.1) is 19.7 Å². The van der Waals surface area contributed by atoms with Crippen LogP contribution in [0.4, 0.5) is 4.39 Å². The van der Waals surface area contributed by atoms with Gasteiger partial charge in [-0.15, -0.1) is 0 Å². The minimum Gasteiger partial charge on any atom is -0.337 e. The number of aryl methyl sites for hydroxylation is 2. The van der Waals surface area contributed by atoms with Crippen LogP contribution in [0.1, 0.15) is 40.7 Å². The molecule has 2 aromatic rings. The van der Waals surface area contributed by atoms with E-state index < -0.39 is 0 Å². The maximum absolute atomic E-state index is 13.1. The number of rotatable bonds is 4. The van der Waals surface area contributed by atoms with E-state index in [1.54, 1.807) is 0 Å². The van der Waals surface area contributed by atoms with Crippen LogP contribution < -0.4 is 0 Å². The molecule has 1 saturated heterocycles. The average molecular weight is 358 g/mol. The lowest BCUT2D eigenvalue weighted by Crippen LogP contribution is -2.35. The average Bonchev–Trinajstić information content (AvgIpc) is 2.78. The van der Waals surface area contributed by atoms with Gasteiger partial charge in [0.2, 0.25) is 0 Å². The van der Waals surface area contributed by atoms with E-state index in [2.05, 4.69) is 10.00 Å². The molecule has 0 saturated carbocycles. The van der Waals surface area contributed by atoms with Gasteiger partial charge in [-0.05, 0) is 44.9 Å². The summed E-state index contributed by atoms with van der Waals surface area (Å²) >= 11 is 0. The molecule has 1 fully saturated rings. The van der Waals surface area contributed by atoms with Gasteiger partial charge in [-0.1, -0.05) is 12.1 Å². The van der Waals surface area contributed by atoms with E-state index in [1.165, 1.54) is 12.1 Å². The number of nitrogens with zero attached hydrogens (tertiary/aromatic N) is 4. The zero-order valence-electron chi connectivity index (χ0n) is 15.8. The number of carbonyl (C=O) groups is 1. The predicted octanol–water partition coefficient (Wildman–Crippen LogP) is 3.01. The smallest absolute Gasteiger partial charge is 0.257 e. The van der Waals surface area contributed by atoms with Crippen LogP contribution in [0.3, 0.4) is 0 Å². The summed E-state index contributed by atoms with van der Waals surface area (Å²) in [7, 11) is 0. The second-order valence-corrected chi connectivity index (χ2v) is 6.91. The molecule has 0 unspecified atom stereocenters. The number of benzene rings is 1. The van der Waals surface area contributed by atoms with Gasteiger partial charge in [-0.3, -0.25) is 14.4 Å². The normalized spacial score (nSPS) is 15.9. The Morgan fingerprint density at radius 1 is 1.12 bits per heavy atom. The number of carbonyl (C=O) groups excluding carboxylic acids is 1. The summed E-state index contributed by atoms with van der Waals surface area (Å²) in [5, 5.41) is 4.47. The fourth-order valence-corrected chi connectivity index (χ4v) is 3.65. The first-order chi connectivity index (χ1) is 12.5. The Bertz CT molecular complexity index is 769. The second-order valence-electron chi connectivity index (χ2n) is 6.91. The van der Waals surface area contributed by atoms with Crippen LogP contribution in [0.2, 0.25) is 0 Å². The molecule has 1 amide bonds. The van der Waals surface area contributed by atoms with Crippen LogP contribution >= 0.6 is 0 Å². The van der Waals surface area contributed by atoms with Gasteiger partial charge in [-0.25, -0.2) is 4.39 Å². The van der Waals surface area contributed by atoms with Gasteiger partial charge in [-0.2, -0.15) is 5.10 Å². The van der Waals surface area contributed by atoms with E-state index in [-0.39, 0.29) is 11.7 Å². The van der Waals surface area contributed by atoms with Gasteiger partial charge < -0.3 is 4.90 Å². The molecule has 3 rings (SSSR count). The van der Waals surface area contributed by atoms with E-state index >= 15 is 0 Å². The van der Waals surface area contributed by atoms with E-state index in [4.69, 9.17) is 0 Å². The van der Waals surface area contributed by atoms with Gasteiger partial charge in [0.25, 0.3) is 5.91 Å². The SMILES string of the molecule is CCn1nc(C)c(C(=O)N2CCCN(Cc3ccc(F)cc3)CC2)c1C. The molecule has 0 atom stereocenters. The van der Waals surface area contributed by atoms with Crippen molar-refractivity contribution in [1.82, 2.24) is 19.6 Å². The highest BCUT2D eigenvalue weighted by atomic mass is 19.1. The zero-order valence-corrected chi connectivity index (χ0v) is 15.8. The summed E-state index contributed by atoms with van der Waals surface area (Å²) in [5.74, 6) is -0.122. The monoisotopic (exact) mass is 358 g/mol. The topological polar surface area (TPSA) is 41.4 Å². The molecule has 1 aliphatic heterocycles. The van der Waals surface area contributed by atoms with Crippen LogP contribution in [0.5, 0.6) is 0 Å². The summed E-state index contributed by atoms with van der Waals surface area (Å²) in [6.07, 6.45) is 0.937. The molecule has 0 N–H and O–H groups in total. The van der Waals surface area contributed by atoms with Crippen molar-refractivity contribution in [2.45, 2.75) is 40.3 Å². The molecule has 5 nitrogen and oxygen atoms in total. The fourth-order valence-electron chi connectivity index (χ4n) is 3.65. The van der Waals surface area contributed by atoms with Crippen molar-refractivity contribution in [3.05, 3.63) is 52.6 Å². The Balaban J connectivity index is 1.65. The van der Waals surface area contributed by atoms with Crippen LogP contribution in [0.15, 0.2) is 24.3 Å². The third kappa shape index (κ3) is 3.96. The predicted molar refractivity (Wildman–Crippen MR) is 99.6 cm³/mol. The number of halogens is 1. The molecule has 140 valence electrons. The highest BCUT2D eigenvalue weighted by molar-refractivity contribution is 5.96. The summed E-state index contributed by atoms with van der Waals surface area (Å²) in [6.45, 7) is 10.7. The van der Waals surface area contributed by atoms with Crippen molar-refractivity contribution in [3.63, 3.8) is 0 Å². The Kier molecular flexibility index (Phi) is 5.71. The van der Waals surface area contributed by atoms with Crippen molar-refractivity contribution < 1.29 is 9.18 Å². The molecular formula is C20H27FN4O. The van der Waals surface area contributed by atoms with Gasteiger partial charge >= 0.3 is 0 Å². The third-order valence-electron chi connectivity index (χ3n) is 5.09. The second kappa shape index (κ2) is 7.99. The summed E-state index contributed by atoms with van der Waals surface area (Å²) in [6, 6.07) is 6.66. The minimum atomic E-state index is -0.209. The standard InChI is InChI=1S/C20H27FN4O/c1-4-25-16(3)19(15(2)22-25)20(26)24-11-5-10-23(12-13-24)14-17-6-8-18(21)9-7-17/h6-9H,4-5,10-14H2,1-3H3. The van der Waals surface area contributed by atoms with Crippen molar-refractivity contribution in [2.75, 3.05) is 26.2 Å². The molecule has 1 aromatic heterocycles. The van der Waals surface area contributed by atoms with Crippen LogP contribution in [0.25, 0.3) is 0 Å². The summed E-state index contributed by atoms with van der Waals surface area (Å²) < 4.78 is 14.9. The van der Waals surface area contributed by atoms with E-state index in [0.29, 0.717) is 6.54 Å². The Morgan fingerprint density at radius 2 is 1.85 bits per heavy atom. The van der Waals surface area contributed by atoms with Crippen molar-refractivity contribution in [3.8, 4) is 0 Å². The van der Waals surface area contributed by atoms with Gasteiger partial charge in [0.05, 0.1) is 11.3 Å². The maximum Gasteiger partial charge on any atom is 0.257 e. The lowest BCUT2D eigenvalue weighted by atomic mass is 10.1.